The van der Waals surface area contributed by atoms with Crippen molar-refractivity contribution >= 4 is 22.8 Å². The first-order chi connectivity index (χ1) is 14.5. The van der Waals surface area contributed by atoms with E-state index in [1.807, 2.05) is 31.2 Å². The van der Waals surface area contributed by atoms with Crippen molar-refractivity contribution in [2.75, 3.05) is 0 Å². The number of benzene rings is 1. The van der Waals surface area contributed by atoms with E-state index in [9.17, 15) is 14.4 Å². The number of aromatic nitrogens is 3. The smallest absolute Gasteiger partial charge is 0.252 e. The summed E-state index contributed by atoms with van der Waals surface area (Å²) in [5.74, 6) is 0.0895. The molecule has 2 aromatic heterocycles. The van der Waals surface area contributed by atoms with Gasteiger partial charge in [-0.3, -0.25) is 14.4 Å². The maximum atomic E-state index is 12.5. The van der Waals surface area contributed by atoms with Crippen LogP contribution in [-0.4, -0.2) is 32.4 Å². The summed E-state index contributed by atoms with van der Waals surface area (Å²) in [5, 5.41) is 5.84. The number of amides is 2. The minimum atomic E-state index is -0.352. The van der Waals surface area contributed by atoms with Crippen molar-refractivity contribution in [3.8, 4) is 0 Å². The molecule has 8 heteroatoms. The quantitative estimate of drug-likeness (QED) is 0.582. The van der Waals surface area contributed by atoms with Gasteiger partial charge >= 0.3 is 0 Å². The predicted octanol–water partition coefficient (Wildman–Crippen LogP) is 2.27. The normalized spacial score (nSPS) is 15.2. The van der Waals surface area contributed by atoms with Crippen molar-refractivity contribution in [2.24, 2.45) is 0 Å². The van der Waals surface area contributed by atoms with Crippen LogP contribution in [0, 0.1) is 0 Å². The number of imidazole rings is 1. The van der Waals surface area contributed by atoms with E-state index in [0.717, 1.165) is 36.7 Å². The predicted molar refractivity (Wildman–Crippen MR) is 113 cm³/mol. The zero-order valence-corrected chi connectivity index (χ0v) is 16.9. The van der Waals surface area contributed by atoms with Gasteiger partial charge in [-0.1, -0.05) is 25.0 Å². The average Bonchev–Trinajstić information content (AvgIpc) is 3.39. The Hall–Kier alpha value is -3.42. The fourth-order valence-corrected chi connectivity index (χ4v) is 3.82. The summed E-state index contributed by atoms with van der Waals surface area (Å²) in [6.45, 7) is 1.65. The summed E-state index contributed by atoms with van der Waals surface area (Å²) >= 11 is 0. The van der Waals surface area contributed by atoms with E-state index in [1.54, 1.807) is 0 Å². The number of rotatable bonds is 6. The summed E-state index contributed by atoms with van der Waals surface area (Å²) in [4.78, 5) is 44.8. The zero-order valence-electron chi connectivity index (χ0n) is 16.9. The topological polar surface area (TPSA) is 109 Å². The maximum Gasteiger partial charge on any atom is 0.252 e. The van der Waals surface area contributed by atoms with Gasteiger partial charge in [0, 0.05) is 18.3 Å². The van der Waals surface area contributed by atoms with Gasteiger partial charge in [0.1, 0.15) is 12.4 Å². The third kappa shape index (κ3) is 4.42. The van der Waals surface area contributed by atoms with Crippen LogP contribution < -0.4 is 16.2 Å². The van der Waals surface area contributed by atoms with Crippen LogP contribution >= 0.6 is 0 Å². The summed E-state index contributed by atoms with van der Waals surface area (Å²) in [6, 6.07) is 10.3. The Bertz CT molecular complexity index is 1090. The number of para-hydroxylation sites is 2. The highest BCUT2D eigenvalue weighted by Crippen LogP contribution is 2.18. The van der Waals surface area contributed by atoms with Crippen molar-refractivity contribution in [3.05, 3.63) is 64.3 Å². The Morgan fingerprint density at radius 2 is 1.97 bits per heavy atom. The number of nitrogens with zero attached hydrogens (tertiary/aromatic N) is 2. The lowest BCUT2D eigenvalue weighted by molar-refractivity contribution is -0.122. The van der Waals surface area contributed by atoms with Crippen LogP contribution in [0.2, 0.25) is 0 Å². The second-order valence-corrected chi connectivity index (χ2v) is 7.77. The van der Waals surface area contributed by atoms with Crippen molar-refractivity contribution in [1.29, 1.82) is 0 Å². The number of carbonyl (C=O) groups excluding carboxylic acids is 2. The number of carbonyl (C=O) groups is 2. The largest absolute Gasteiger partial charge is 0.349 e. The van der Waals surface area contributed by atoms with Crippen LogP contribution in [-0.2, 0) is 11.3 Å². The molecule has 3 N–H and O–H groups in total. The van der Waals surface area contributed by atoms with Gasteiger partial charge in [-0.2, -0.15) is 0 Å². The first-order valence-electron chi connectivity index (χ1n) is 10.2. The van der Waals surface area contributed by atoms with E-state index in [2.05, 4.69) is 20.6 Å². The van der Waals surface area contributed by atoms with Crippen molar-refractivity contribution in [3.63, 3.8) is 0 Å². The number of nitrogens with one attached hydrogen (secondary N) is 3. The fourth-order valence-electron chi connectivity index (χ4n) is 3.82. The molecule has 30 heavy (non-hydrogen) atoms. The van der Waals surface area contributed by atoms with Gasteiger partial charge < -0.3 is 20.2 Å². The van der Waals surface area contributed by atoms with Crippen molar-refractivity contribution in [1.82, 2.24) is 25.2 Å². The molecule has 1 saturated carbocycles. The number of fused-ring (bicyclic) bond motifs is 1. The maximum absolute atomic E-state index is 12.5. The summed E-state index contributed by atoms with van der Waals surface area (Å²) < 4.78 is 1.25. The molecule has 1 aliphatic carbocycles. The van der Waals surface area contributed by atoms with Gasteiger partial charge in [0.2, 0.25) is 5.91 Å². The fraction of sp³-hybridized carbons (Fsp3) is 0.364. The molecule has 0 saturated heterocycles. The Morgan fingerprint density at radius 1 is 1.20 bits per heavy atom. The van der Waals surface area contributed by atoms with E-state index < -0.39 is 0 Å². The lowest BCUT2D eigenvalue weighted by Crippen LogP contribution is -2.36. The highest BCUT2D eigenvalue weighted by atomic mass is 16.2. The Kier molecular flexibility index (Phi) is 5.65. The highest BCUT2D eigenvalue weighted by Gasteiger charge is 2.19. The molecule has 0 bridgehead atoms. The molecular formula is C22H25N5O3. The molecule has 0 spiro atoms. The van der Waals surface area contributed by atoms with Crippen LogP contribution in [0.3, 0.4) is 0 Å². The second kappa shape index (κ2) is 8.52. The lowest BCUT2D eigenvalue weighted by Gasteiger charge is -2.14. The molecule has 3 aromatic rings. The molecule has 1 aliphatic rings. The van der Waals surface area contributed by atoms with Crippen LogP contribution in [0.1, 0.15) is 54.8 Å². The molecule has 2 amide bonds. The molecule has 1 fully saturated rings. The molecule has 8 nitrogen and oxygen atoms in total. The van der Waals surface area contributed by atoms with Gasteiger partial charge in [-0.25, -0.2) is 4.98 Å². The monoisotopic (exact) mass is 407 g/mol. The molecule has 2 heterocycles. The van der Waals surface area contributed by atoms with Crippen molar-refractivity contribution < 1.29 is 9.59 Å². The summed E-state index contributed by atoms with van der Waals surface area (Å²) in [5.41, 5.74) is 1.76. The number of pyridine rings is 1. The average molecular weight is 407 g/mol. The molecule has 0 unspecified atom stereocenters. The Morgan fingerprint density at radius 3 is 2.73 bits per heavy atom. The van der Waals surface area contributed by atoms with E-state index in [4.69, 9.17) is 0 Å². The summed E-state index contributed by atoms with van der Waals surface area (Å²) in [7, 11) is 0. The van der Waals surface area contributed by atoms with Crippen LogP contribution in [0.15, 0.2) is 47.4 Å². The number of hydrogen-bond acceptors (Lipinski definition) is 4. The Labute approximate surface area is 173 Å². The third-order valence-corrected chi connectivity index (χ3v) is 5.45. The highest BCUT2D eigenvalue weighted by molar-refractivity contribution is 5.94. The standard InChI is InChI=1S/C22H25N5O3/c1-14(21-25-17-8-4-5-9-18(17)26-21)23-19(28)13-27-12-15(10-11-20(27)29)22(30)24-16-6-2-3-7-16/h4-5,8-12,14,16H,2-3,6-7,13H2,1H3,(H,23,28)(H,24,30)(H,25,26)/t14-/m1/s1. The molecule has 1 atom stereocenters. The number of aromatic amines is 1. The molecule has 1 aromatic carbocycles. The van der Waals surface area contributed by atoms with Crippen molar-refractivity contribution in [2.45, 2.75) is 51.2 Å². The number of hydrogen-bond donors (Lipinski definition) is 3. The van der Waals surface area contributed by atoms with Gasteiger partial charge in [-0.15, -0.1) is 0 Å². The molecule has 0 aliphatic heterocycles. The first-order valence-corrected chi connectivity index (χ1v) is 10.2. The van der Waals surface area contributed by atoms with Crippen LogP contribution in [0.5, 0.6) is 0 Å². The molecule has 156 valence electrons. The first kappa shape index (κ1) is 19.9. The second-order valence-electron chi connectivity index (χ2n) is 7.77. The SMILES string of the molecule is C[C@@H](NC(=O)Cn1cc(C(=O)NC2CCCC2)ccc1=O)c1nc2ccccc2[nH]1. The van der Waals surface area contributed by atoms with Crippen LogP contribution in [0.4, 0.5) is 0 Å². The summed E-state index contributed by atoms with van der Waals surface area (Å²) in [6.07, 6.45) is 5.64. The third-order valence-electron chi connectivity index (χ3n) is 5.45. The van der Waals surface area contributed by atoms with Gasteiger partial charge in [0.05, 0.1) is 22.6 Å². The van der Waals surface area contributed by atoms with Gasteiger partial charge in [-0.05, 0) is 38.0 Å². The minimum Gasteiger partial charge on any atom is -0.349 e. The molecule has 4 rings (SSSR count). The Balaban J connectivity index is 1.41. The van der Waals surface area contributed by atoms with Gasteiger partial charge in [0.15, 0.2) is 0 Å². The molecule has 0 radical (unpaired) electrons. The minimum absolute atomic E-state index is 0.173. The van der Waals surface area contributed by atoms with E-state index in [1.165, 1.54) is 22.9 Å². The van der Waals surface area contributed by atoms with Crippen LogP contribution in [0.25, 0.3) is 11.0 Å². The zero-order chi connectivity index (χ0) is 21.1. The van der Waals surface area contributed by atoms with E-state index in [-0.39, 0.29) is 36.0 Å². The molecular weight excluding hydrogens is 382 g/mol. The number of H-pyrrole nitrogens is 1. The van der Waals surface area contributed by atoms with E-state index >= 15 is 0 Å². The van der Waals surface area contributed by atoms with E-state index in [0.29, 0.717) is 11.4 Å². The van der Waals surface area contributed by atoms with Gasteiger partial charge in [0.25, 0.3) is 11.5 Å². The lowest BCUT2D eigenvalue weighted by atomic mass is 10.2.